The second-order valence-corrected chi connectivity index (χ2v) is 6.57. The molecule has 3 rings (SSSR count). The summed E-state index contributed by atoms with van der Waals surface area (Å²) in [7, 11) is 0. The van der Waals surface area contributed by atoms with E-state index in [0.717, 1.165) is 36.5 Å². The molecule has 23 heavy (non-hydrogen) atoms. The van der Waals surface area contributed by atoms with Gasteiger partial charge in [-0.15, -0.1) is 5.10 Å². The lowest BCUT2D eigenvalue weighted by Crippen LogP contribution is -2.17. The van der Waals surface area contributed by atoms with Crippen molar-refractivity contribution in [2.45, 2.75) is 50.7 Å². The molecule has 0 spiro atoms. The first-order valence-electron chi connectivity index (χ1n) is 8.04. The van der Waals surface area contributed by atoms with Crippen LogP contribution in [0.2, 0.25) is 0 Å². The topological polar surface area (TPSA) is 72.7 Å². The second kappa shape index (κ2) is 7.12. The van der Waals surface area contributed by atoms with Gasteiger partial charge in [0.05, 0.1) is 11.8 Å². The summed E-state index contributed by atoms with van der Waals surface area (Å²) in [6, 6.07) is 6.60. The molecule has 7 heteroatoms. The SMILES string of the molecule is CCc1cccc(CC)c1NC(=O)CSc1nnnn1C1CC1. The Bertz CT molecular complexity index is 673. The van der Waals surface area contributed by atoms with E-state index >= 15 is 0 Å². The minimum Gasteiger partial charge on any atom is -0.325 e. The molecule has 0 radical (unpaired) electrons. The number of hydrogen-bond donors (Lipinski definition) is 1. The maximum absolute atomic E-state index is 12.3. The minimum absolute atomic E-state index is 0.0176. The lowest BCUT2D eigenvalue weighted by atomic mass is 10.0. The number of para-hydroxylation sites is 1. The molecule has 1 saturated carbocycles. The first kappa shape index (κ1) is 16.0. The van der Waals surface area contributed by atoms with E-state index in [-0.39, 0.29) is 5.91 Å². The Balaban J connectivity index is 1.64. The average molecular weight is 331 g/mol. The molecule has 1 aliphatic rings. The molecule has 1 amide bonds. The summed E-state index contributed by atoms with van der Waals surface area (Å²) >= 11 is 1.39. The Morgan fingerprint density at radius 1 is 1.30 bits per heavy atom. The summed E-state index contributed by atoms with van der Waals surface area (Å²) in [6.07, 6.45) is 4.04. The highest BCUT2D eigenvalue weighted by Gasteiger charge is 2.28. The predicted molar refractivity (Wildman–Crippen MR) is 90.6 cm³/mol. The van der Waals surface area contributed by atoms with Crippen LogP contribution < -0.4 is 5.32 Å². The van der Waals surface area contributed by atoms with Gasteiger partial charge in [0.15, 0.2) is 0 Å². The maximum Gasteiger partial charge on any atom is 0.234 e. The highest BCUT2D eigenvalue weighted by Crippen LogP contribution is 2.36. The summed E-state index contributed by atoms with van der Waals surface area (Å²) in [5.41, 5.74) is 3.31. The molecular formula is C16H21N5OS. The Labute approximate surface area is 140 Å². The van der Waals surface area contributed by atoms with Crippen molar-refractivity contribution < 1.29 is 4.79 Å². The van der Waals surface area contributed by atoms with E-state index in [1.165, 1.54) is 22.9 Å². The van der Waals surface area contributed by atoms with Crippen molar-refractivity contribution in [3.63, 3.8) is 0 Å². The number of tetrazole rings is 1. The van der Waals surface area contributed by atoms with Crippen molar-refractivity contribution >= 4 is 23.4 Å². The predicted octanol–water partition coefficient (Wildman–Crippen LogP) is 2.86. The van der Waals surface area contributed by atoms with Gasteiger partial charge in [0.2, 0.25) is 11.1 Å². The Hall–Kier alpha value is -1.89. The summed E-state index contributed by atoms with van der Waals surface area (Å²) in [4.78, 5) is 12.3. The van der Waals surface area contributed by atoms with Gasteiger partial charge >= 0.3 is 0 Å². The molecule has 2 aromatic rings. The molecule has 0 aliphatic heterocycles. The largest absolute Gasteiger partial charge is 0.325 e. The van der Waals surface area contributed by atoms with E-state index in [1.807, 2.05) is 10.7 Å². The Morgan fingerprint density at radius 2 is 2.00 bits per heavy atom. The van der Waals surface area contributed by atoms with Crippen LogP contribution >= 0.6 is 11.8 Å². The average Bonchev–Trinajstić information content (AvgIpc) is 3.31. The number of benzene rings is 1. The molecule has 1 aromatic heterocycles. The van der Waals surface area contributed by atoms with Gasteiger partial charge in [-0.1, -0.05) is 43.8 Å². The zero-order valence-corrected chi connectivity index (χ0v) is 14.3. The van der Waals surface area contributed by atoms with Crippen molar-refractivity contribution in [2.75, 3.05) is 11.1 Å². The van der Waals surface area contributed by atoms with E-state index < -0.39 is 0 Å². The van der Waals surface area contributed by atoms with Crippen LogP contribution in [0.25, 0.3) is 0 Å². The number of nitrogens with zero attached hydrogens (tertiary/aromatic N) is 4. The molecule has 122 valence electrons. The Kier molecular flexibility index (Phi) is 4.95. The fourth-order valence-electron chi connectivity index (χ4n) is 2.54. The first-order valence-corrected chi connectivity index (χ1v) is 9.02. The zero-order valence-electron chi connectivity index (χ0n) is 13.5. The van der Waals surface area contributed by atoms with Crippen LogP contribution in [0.1, 0.15) is 43.9 Å². The van der Waals surface area contributed by atoms with E-state index in [4.69, 9.17) is 0 Å². The summed E-state index contributed by atoms with van der Waals surface area (Å²) < 4.78 is 1.83. The van der Waals surface area contributed by atoms with Crippen LogP contribution in [0, 0.1) is 0 Å². The number of amides is 1. The number of rotatable bonds is 7. The molecule has 0 saturated heterocycles. The highest BCUT2D eigenvalue weighted by atomic mass is 32.2. The van der Waals surface area contributed by atoms with Crippen LogP contribution in [-0.2, 0) is 17.6 Å². The van der Waals surface area contributed by atoms with Crippen molar-refractivity contribution in [1.82, 2.24) is 20.2 Å². The second-order valence-electron chi connectivity index (χ2n) is 5.63. The van der Waals surface area contributed by atoms with Crippen LogP contribution in [0.4, 0.5) is 5.69 Å². The van der Waals surface area contributed by atoms with Crippen LogP contribution in [-0.4, -0.2) is 31.9 Å². The van der Waals surface area contributed by atoms with E-state index in [9.17, 15) is 4.79 Å². The number of nitrogens with one attached hydrogen (secondary N) is 1. The van der Waals surface area contributed by atoms with Gasteiger partial charge in [0.25, 0.3) is 0 Å². The molecule has 1 fully saturated rings. The molecule has 6 nitrogen and oxygen atoms in total. The normalized spacial score (nSPS) is 14.0. The third kappa shape index (κ3) is 3.72. The monoisotopic (exact) mass is 331 g/mol. The number of carbonyl (C=O) groups excluding carboxylic acids is 1. The summed E-state index contributed by atoms with van der Waals surface area (Å²) in [5.74, 6) is 0.296. The first-order chi connectivity index (χ1) is 11.2. The molecule has 1 aromatic carbocycles. The molecular weight excluding hydrogens is 310 g/mol. The van der Waals surface area contributed by atoms with Crippen molar-refractivity contribution in [1.29, 1.82) is 0 Å². The lowest BCUT2D eigenvalue weighted by molar-refractivity contribution is -0.113. The van der Waals surface area contributed by atoms with Crippen LogP contribution in [0.3, 0.4) is 0 Å². The van der Waals surface area contributed by atoms with Gasteiger partial charge in [-0.05, 0) is 47.2 Å². The fourth-order valence-corrected chi connectivity index (χ4v) is 3.28. The highest BCUT2D eigenvalue weighted by molar-refractivity contribution is 7.99. The molecule has 0 unspecified atom stereocenters. The van der Waals surface area contributed by atoms with E-state index in [0.29, 0.717) is 11.8 Å². The van der Waals surface area contributed by atoms with Gasteiger partial charge in [0, 0.05) is 5.69 Å². The molecule has 1 heterocycles. The van der Waals surface area contributed by atoms with Crippen molar-refractivity contribution in [2.24, 2.45) is 0 Å². The standard InChI is InChI=1S/C16H21N5OS/c1-3-11-6-5-7-12(4-2)15(11)17-14(22)10-23-16-18-19-20-21(16)13-8-9-13/h5-7,13H,3-4,8-10H2,1-2H3,(H,17,22). The quantitative estimate of drug-likeness (QED) is 0.790. The molecule has 0 atom stereocenters. The van der Waals surface area contributed by atoms with Gasteiger partial charge in [-0.25, -0.2) is 4.68 Å². The summed E-state index contributed by atoms with van der Waals surface area (Å²) in [5, 5.41) is 15.5. The van der Waals surface area contributed by atoms with Gasteiger partial charge in [-0.2, -0.15) is 0 Å². The van der Waals surface area contributed by atoms with E-state index in [1.54, 1.807) is 0 Å². The number of aromatic nitrogens is 4. The van der Waals surface area contributed by atoms with Crippen LogP contribution in [0.5, 0.6) is 0 Å². The third-order valence-electron chi connectivity index (χ3n) is 3.95. The number of anilines is 1. The molecule has 1 aliphatic carbocycles. The maximum atomic E-state index is 12.3. The third-order valence-corrected chi connectivity index (χ3v) is 4.88. The summed E-state index contributed by atoms with van der Waals surface area (Å²) in [6.45, 7) is 4.20. The lowest BCUT2D eigenvalue weighted by Gasteiger charge is -2.14. The number of aryl methyl sites for hydroxylation is 2. The van der Waals surface area contributed by atoms with Crippen molar-refractivity contribution in [3.8, 4) is 0 Å². The number of hydrogen-bond acceptors (Lipinski definition) is 5. The van der Waals surface area contributed by atoms with Gasteiger partial charge in [-0.3, -0.25) is 4.79 Å². The van der Waals surface area contributed by atoms with Gasteiger partial charge < -0.3 is 5.32 Å². The minimum atomic E-state index is -0.0176. The van der Waals surface area contributed by atoms with Crippen LogP contribution in [0.15, 0.2) is 23.4 Å². The van der Waals surface area contributed by atoms with E-state index in [2.05, 4.69) is 46.8 Å². The number of thioether (sulfide) groups is 1. The zero-order chi connectivity index (χ0) is 16.2. The van der Waals surface area contributed by atoms with Gasteiger partial charge in [0.1, 0.15) is 0 Å². The van der Waals surface area contributed by atoms with Crippen molar-refractivity contribution in [3.05, 3.63) is 29.3 Å². The molecule has 1 N–H and O–H groups in total. The fraction of sp³-hybridized carbons (Fsp3) is 0.500. The smallest absolute Gasteiger partial charge is 0.234 e. The molecule has 0 bridgehead atoms. The number of carbonyl (C=O) groups is 1. The Morgan fingerprint density at radius 3 is 2.61 bits per heavy atom.